The molecule has 0 saturated carbocycles. The van der Waals surface area contributed by atoms with Crippen molar-refractivity contribution in [1.82, 2.24) is 0 Å². The van der Waals surface area contributed by atoms with Crippen LogP contribution in [-0.2, 0) is 4.57 Å². The van der Waals surface area contributed by atoms with Crippen molar-refractivity contribution in [2.75, 3.05) is 0 Å². The summed E-state index contributed by atoms with van der Waals surface area (Å²) >= 11 is 0. The van der Waals surface area contributed by atoms with E-state index < -0.39 is 7.82 Å². The van der Waals surface area contributed by atoms with E-state index in [1.807, 2.05) is 30.3 Å². The Balaban J connectivity index is 0.000000621. The lowest BCUT2D eigenvalue weighted by atomic mass is 9.74. The summed E-state index contributed by atoms with van der Waals surface area (Å²) in [5.41, 5.74) is 0.699. The lowest BCUT2D eigenvalue weighted by Crippen LogP contribution is -2.29. The third-order valence-electron chi connectivity index (χ3n) is 3.55. The average molecular weight is 302 g/mol. The number of hydrogen-bond acceptors (Lipinski definition) is 2. The number of benzene rings is 1. The predicted octanol–water partition coefficient (Wildman–Crippen LogP) is 3.16. The smallest absolute Gasteiger partial charge is 0.303 e. The zero-order valence-electron chi connectivity index (χ0n) is 12.1. The molecule has 0 unspecified atom stereocenters. The van der Waals surface area contributed by atoms with Gasteiger partial charge in [0.1, 0.15) is 0 Å². The number of carbonyl (C=O) groups excluding carboxylic acids is 1. The van der Waals surface area contributed by atoms with Gasteiger partial charge in [0.15, 0.2) is 5.78 Å². The maximum atomic E-state index is 12.4. The molecule has 114 valence electrons. The normalized spacial score (nSPS) is 11.5. The molecule has 0 aliphatic rings. The summed E-state index contributed by atoms with van der Waals surface area (Å²) in [7, 11) is -4.64. The molecule has 1 aromatic rings. The molecule has 0 radical (unpaired) electrons. The summed E-state index contributed by atoms with van der Waals surface area (Å²) in [6.45, 7) is 6.32. The van der Waals surface area contributed by atoms with Crippen molar-refractivity contribution in [3.05, 3.63) is 35.9 Å². The molecule has 20 heavy (non-hydrogen) atoms. The summed E-state index contributed by atoms with van der Waals surface area (Å²) in [4.78, 5) is 33.9. The highest BCUT2D eigenvalue weighted by Gasteiger charge is 2.33. The van der Waals surface area contributed by atoms with Crippen molar-refractivity contribution >= 4 is 13.6 Å². The number of Topliss-reactive ketones (excluding diaryl/α,β-unsaturated/α-hetero) is 1. The van der Waals surface area contributed by atoms with Gasteiger partial charge in [-0.15, -0.1) is 0 Å². The van der Waals surface area contributed by atoms with Gasteiger partial charge in [-0.3, -0.25) is 4.79 Å². The zero-order chi connectivity index (χ0) is 15.8. The molecule has 0 atom stereocenters. The van der Waals surface area contributed by atoms with Gasteiger partial charge in [-0.05, 0) is 19.3 Å². The second-order valence-corrected chi connectivity index (χ2v) is 5.58. The molecule has 3 N–H and O–H groups in total. The average Bonchev–Trinajstić information content (AvgIpc) is 2.40. The van der Waals surface area contributed by atoms with E-state index in [0.29, 0.717) is 5.78 Å². The van der Waals surface area contributed by atoms with Crippen LogP contribution in [0.4, 0.5) is 0 Å². The summed E-state index contributed by atoms with van der Waals surface area (Å²) in [5, 5.41) is 0. The van der Waals surface area contributed by atoms with Gasteiger partial charge in [0, 0.05) is 11.0 Å². The van der Waals surface area contributed by atoms with Gasteiger partial charge >= 0.3 is 7.82 Å². The van der Waals surface area contributed by atoms with E-state index in [0.717, 1.165) is 24.8 Å². The minimum absolute atomic E-state index is 0.151. The molecule has 0 aliphatic carbocycles. The molecule has 0 heterocycles. The third kappa shape index (κ3) is 6.44. The van der Waals surface area contributed by atoms with Gasteiger partial charge in [-0.25, -0.2) is 4.57 Å². The summed E-state index contributed by atoms with van der Waals surface area (Å²) in [5.74, 6) is 0.301. The molecule has 1 aromatic carbocycles. The highest BCUT2D eigenvalue weighted by atomic mass is 31.2. The Morgan fingerprint density at radius 2 is 1.35 bits per heavy atom. The molecule has 0 amide bonds. The van der Waals surface area contributed by atoms with Gasteiger partial charge in [0.2, 0.25) is 0 Å². The summed E-state index contributed by atoms with van der Waals surface area (Å²) < 4.78 is 8.88. The zero-order valence-corrected chi connectivity index (χ0v) is 13.0. The maximum Gasteiger partial charge on any atom is 0.466 e. The van der Waals surface area contributed by atoms with Crippen LogP contribution >= 0.6 is 7.82 Å². The van der Waals surface area contributed by atoms with Crippen molar-refractivity contribution in [1.29, 1.82) is 0 Å². The van der Waals surface area contributed by atoms with Gasteiger partial charge < -0.3 is 14.7 Å². The first-order valence-electron chi connectivity index (χ1n) is 6.58. The molecule has 6 heteroatoms. The quantitative estimate of drug-likeness (QED) is 0.573. The highest BCUT2D eigenvalue weighted by molar-refractivity contribution is 7.45. The van der Waals surface area contributed by atoms with E-state index >= 15 is 0 Å². The van der Waals surface area contributed by atoms with Crippen LogP contribution in [0.2, 0.25) is 0 Å². The molecule has 5 nitrogen and oxygen atoms in total. The Labute approximate surface area is 119 Å². The standard InChI is InChI=1S/C14H20O.H3O4P/c1-4-14(5-2,6-3)13(15)12-10-8-7-9-11-12;1-5(2,3)4/h7-11H,4-6H2,1-3H3;(H3,1,2,3,4). The second kappa shape index (κ2) is 8.32. The van der Waals surface area contributed by atoms with Crippen LogP contribution in [0.3, 0.4) is 0 Å². The Bertz CT molecular complexity index is 431. The molecule has 0 fully saturated rings. The molecule has 0 aliphatic heterocycles. The van der Waals surface area contributed by atoms with E-state index in [4.69, 9.17) is 19.2 Å². The van der Waals surface area contributed by atoms with Crippen LogP contribution in [0.15, 0.2) is 30.3 Å². The van der Waals surface area contributed by atoms with Gasteiger partial charge in [-0.2, -0.15) is 0 Å². The third-order valence-corrected chi connectivity index (χ3v) is 3.55. The Morgan fingerprint density at radius 3 is 1.65 bits per heavy atom. The number of hydrogen-bond donors (Lipinski definition) is 3. The highest BCUT2D eigenvalue weighted by Crippen LogP contribution is 2.34. The van der Waals surface area contributed by atoms with E-state index in [-0.39, 0.29) is 5.41 Å². The SMILES string of the molecule is CCC(CC)(CC)C(=O)c1ccccc1.O=P(O)(O)O. The molecule has 0 saturated heterocycles. The van der Waals surface area contributed by atoms with Crippen LogP contribution in [0.25, 0.3) is 0 Å². The van der Waals surface area contributed by atoms with E-state index in [1.165, 1.54) is 0 Å². The minimum Gasteiger partial charge on any atom is -0.303 e. The first-order valence-corrected chi connectivity index (χ1v) is 8.14. The van der Waals surface area contributed by atoms with Crippen molar-refractivity contribution in [3.63, 3.8) is 0 Å². The molecular weight excluding hydrogens is 279 g/mol. The second-order valence-electron chi connectivity index (χ2n) is 4.55. The molecule has 0 bridgehead atoms. The van der Waals surface area contributed by atoms with Gasteiger partial charge in [-0.1, -0.05) is 51.1 Å². The van der Waals surface area contributed by atoms with Crippen LogP contribution < -0.4 is 0 Å². The first-order chi connectivity index (χ1) is 9.20. The van der Waals surface area contributed by atoms with Crippen LogP contribution in [0.5, 0.6) is 0 Å². The predicted molar refractivity (Wildman–Crippen MR) is 78.3 cm³/mol. The lowest BCUT2D eigenvalue weighted by molar-refractivity contribution is 0.0766. The minimum atomic E-state index is -4.64. The Morgan fingerprint density at radius 1 is 1.00 bits per heavy atom. The monoisotopic (exact) mass is 302 g/mol. The fourth-order valence-electron chi connectivity index (χ4n) is 2.13. The van der Waals surface area contributed by atoms with E-state index in [2.05, 4.69) is 20.8 Å². The Hall–Kier alpha value is -1.00. The summed E-state index contributed by atoms with van der Waals surface area (Å²) in [6.07, 6.45) is 2.77. The van der Waals surface area contributed by atoms with Crippen molar-refractivity contribution in [2.45, 2.75) is 40.0 Å². The largest absolute Gasteiger partial charge is 0.466 e. The lowest BCUT2D eigenvalue weighted by Gasteiger charge is -2.28. The van der Waals surface area contributed by atoms with Crippen LogP contribution in [0, 0.1) is 5.41 Å². The molecule has 0 spiro atoms. The van der Waals surface area contributed by atoms with Crippen molar-refractivity contribution < 1.29 is 24.0 Å². The van der Waals surface area contributed by atoms with Crippen LogP contribution in [-0.4, -0.2) is 20.5 Å². The summed E-state index contributed by atoms with van der Waals surface area (Å²) in [6, 6.07) is 9.64. The molecule has 1 rings (SSSR count). The number of carbonyl (C=O) groups is 1. The molecule has 0 aromatic heterocycles. The number of ketones is 1. The topological polar surface area (TPSA) is 94.8 Å². The van der Waals surface area contributed by atoms with Crippen LogP contribution in [0.1, 0.15) is 50.4 Å². The van der Waals surface area contributed by atoms with Crippen molar-refractivity contribution in [3.8, 4) is 0 Å². The van der Waals surface area contributed by atoms with Gasteiger partial charge in [0.25, 0.3) is 0 Å². The maximum absolute atomic E-state index is 12.4. The van der Waals surface area contributed by atoms with E-state index in [1.54, 1.807) is 0 Å². The Kier molecular flexibility index (Phi) is 7.91. The fourth-order valence-corrected chi connectivity index (χ4v) is 2.13. The van der Waals surface area contributed by atoms with Gasteiger partial charge in [0.05, 0.1) is 0 Å². The number of phosphoric acid groups is 1. The van der Waals surface area contributed by atoms with E-state index in [9.17, 15) is 4.79 Å². The first kappa shape index (κ1) is 19.0. The van der Waals surface area contributed by atoms with Crippen molar-refractivity contribution in [2.24, 2.45) is 5.41 Å². The fraction of sp³-hybridized carbons (Fsp3) is 0.500. The number of rotatable bonds is 5. The molecular formula is C14H23O5P.